The Hall–Kier alpha value is -1.38. The van der Waals surface area contributed by atoms with Crippen molar-refractivity contribution in [2.45, 2.75) is 33.1 Å². The summed E-state index contributed by atoms with van der Waals surface area (Å²) >= 11 is 0. The van der Waals surface area contributed by atoms with Crippen LogP contribution in [0.15, 0.2) is 11.7 Å². The molecule has 0 bridgehead atoms. The first-order valence-electron chi connectivity index (χ1n) is 4.61. The van der Waals surface area contributed by atoms with Crippen LogP contribution in [0.1, 0.15) is 38.0 Å². The third-order valence-electron chi connectivity index (χ3n) is 2.09. The Bertz CT molecular complexity index is 367. The number of aromatic nitrogens is 2. The standard InChI is InChI=1S/C11H17N3/c1-7-9-13-8(2)10(11(3,4)5)14(9)12-6/h7H,1,6H2,2-5H3. The van der Waals surface area contributed by atoms with Gasteiger partial charge in [-0.3, -0.25) is 0 Å². The van der Waals surface area contributed by atoms with E-state index in [1.165, 1.54) is 0 Å². The maximum atomic E-state index is 4.38. The Balaban J connectivity index is 3.48. The Kier molecular flexibility index (Phi) is 2.60. The fourth-order valence-electron chi connectivity index (χ4n) is 1.68. The third-order valence-corrected chi connectivity index (χ3v) is 2.09. The largest absolute Gasteiger partial charge is 0.232 e. The van der Waals surface area contributed by atoms with E-state index < -0.39 is 0 Å². The summed E-state index contributed by atoms with van der Waals surface area (Å²) in [5, 5.41) is 3.96. The van der Waals surface area contributed by atoms with Gasteiger partial charge in [-0.1, -0.05) is 27.4 Å². The van der Waals surface area contributed by atoms with E-state index in [-0.39, 0.29) is 5.41 Å². The summed E-state index contributed by atoms with van der Waals surface area (Å²) < 4.78 is 1.75. The highest BCUT2D eigenvalue weighted by Crippen LogP contribution is 2.26. The molecule has 0 spiro atoms. The third kappa shape index (κ3) is 1.62. The summed E-state index contributed by atoms with van der Waals surface area (Å²) in [5.74, 6) is 0.752. The van der Waals surface area contributed by atoms with Crippen LogP contribution < -0.4 is 0 Å². The monoisotopic (exact) mass is 191 g/mol. The molecule has 0 radical (unpaired) electrons. The SMILES string of the molecule is C=Cc1nc(C)c(C(C)(C)C)n1N=C. The molecule has 3 heteroatoms. The minimum atomic E-state index is 0.0134. The topological polar surface area (TPSA) is 30.2 Å². The van der Waals surface area contributed by atoms with Gasteiger partial charge in [0.15, 0.2) is 5.82 Å². The van der Waals surface area contributed by atoms with Crippen LogP contribution >= 0.6 is 0 Å². The lowest BCUT2D eigenvalue weighted by molar-refractivity contribution is 0.535. The van der Waals surface area contributed by atoms with Gasteiger partial charge in [-0.25, -0.2) is 9.66 Å². The maximum absolute atomic E-state index is 4.38. The lowest BCUT2D eigenvalue weighted by atomic mass is 9.91. The molecule has 1 aromatic rings. The van der Waals surface area contributed by atoms with E-state index in [2.05, 4.69) is 44.2 Å². The molecule has 0 aliphatic heterocycles. The van der Waals surface area contributed by atoms with Crippen molar-refractivity contribution in [1.29, 1.82) is 0 Å². The van der Waals surface area contributed by atoms with E-state index >= 15 is 0 Å². The molecule has 3 nitrogen and oxygen atoms in total. The highest BCUT2D eigenvalue weighted by Gasteiger charge is 2.23. The van der Waals surface area contributed by atoms with Gasteiger partial charge in [0.25, 0.3) is 0 Å². The molecule has 76 valence electrons. The quantitative estimate of drug-likeness (QED) is 0.661. The molecule has 1 rings (SSSR count). The van der Waals surface area contributed by atoms with Crippen molar-refractivity contribution in [2.75, 3.05) is 0 Å². The van der Waals surface area contributed by atoms with E-state index in [0.29, 0.717) is 0 Å². The van der Waals surface area contributed by atoms with Crippen molar-refractivity contribution in [3.63, 3.8) is 0 Å². The van der Waals surface area contributed by atoms with E-state index in [9.17, 15) is 0 Å². The maximum Gasteiger partial charge on any atom is 0.153 e. The van der Waals surface area contributed by atoms with Gasteiger partial charge in [0.05, 0.1) is 11.4 Å². The fraction of sp³-hybridized carbons (Fsp3) is 0.455. The minimum Gasteiger partial charge on any atom is -0.232 e. The molecule has 14 heavy (non-hydrogen) atoms. The summed E-state index contributed by atoms with van der Waals surface area (Å²) in [6.07, 6.45) is 1.69. The van der Waals surface area contributed by atoms with Gasteiger partial charge >= 0.3 is 0 Å². The zero-order valence-electron chi connectivity index (χ0n) is 9.33. The molecule has 0 aliphatic rings. The first-order chi connectivity index (χ1) is 6.41. The first-order valence-corrected chi connectivity index (χ1v) is 4.61. The van der Waals surface area contributed by atoms with Gasteiger partial charge < -0.3 is 0 Å². The molecular formula is C11H17N3. The molecule has 0 amide bonds. The average Bonchev–Trinajstić information content (AvgIpc) is 2.40. The summed E-state index contributed by atoms with van der Waals surface area (Å²) in [4.78, 5) is 4.38. The molecule has 0 aromatic carbocycles. The highest BCUT2D eigenvalue weighted by molar-refractivity contribution is 5.42. The molecule has 0 atom stereocenters. The van der Waals surface area contributed by atoms with E-state index in [1.54, 1.807) is 10.8 Å². The number of rotatable bonds is 2. The van der Waals surface area contributed by atoms with Gasteiger partial charge in [-0.2, -0.15) is 5.10 Å². The first kappa shape index (κ1) is 10.7. The zero-order chi connectivity index (χ0) is 10.9. The predicted molar refractivity (Wildman–Crippen MR) is 60.7 cm³/mol. The Morgan fingerprint density at radius 1 is 1.43 bits per heavy atom. The molecule has 0 N–H and O–H groups in total. The lowest BCUT2D eigenvalue weighted by Gasteiger charge is -2.19. The zero-order valence-corrected chi connectivity index (χ0v) is 9.33. The summed E-state index contributed by atoms with van der Waals surface area (Å²) in [6, 6.07) is 0. The lowest BCUT2D eigenvalue weighted by Crippen LogP contribution is -2.17. The van der Waals surface area contributed by atoms with Crippen LogP contribution in [0, 0.1) is 6.92 Å². The van der Waals surface area contributed by atoms with Crippen LogP contribution in [-0.4, -0.2) is 16.4 Å². The van der Waals surface area contributed by atoms with Crippen LogP contribution in [0.25, 0.3) is 6.08 Å². The van der Waals surface area contributed by atoms with Gasteiger partial charge in [0, 0.05) is 12.1 Å². The smallest absolute Gasteiger partial charge is 0.153 e. The minimum absolute atomic E-state index is 0.0134. The van der Waals surface area contributed by atoms with Crippen molar-refractivity contribution in [2.24, 2.45) is 5.10 Å². The average molecular weight is 191 g/mol. The molecule has 0 fully saturated rings. The number of aryl methyl sites for hydroxylation is 1. The second-order valence-corrected chi connectivity index (χ2v) is 4.31. The molecule has 1 heterocycles. The van der Waals surface area contributed by atoms with Crippen LogP contribution in [0.2, 0.25) is 0 Å². The number of nitrogens with zero attached hydrogens (tertiary/aromatic N) is 3. The van der Waals surface area contributed by atoms with Crippen molar-refractivity contribution >= 4 is 12.8 Å². The normalized spacial score (nSPS) is 11.4. The van der Waals surface area contributed by atoms with E-state index in [0.717, 1.165) is 17.2 Å². The summed E-state index contributed by atoms with van der Waals surface area (Å²) in [5.41, 5.74) is 2.08. The van der Waals surface area contributed by atoms with Crippen LogP contribution in [0.4, 0.5) is 0 Å². The molecule has 0 unspecified atom stereocenters. The van der Waals surface area contributed by atoms with E-state index in [1.807, 2.05) is 6.92 Å². The number of hydrogen-bond acceptors (Lipinski definition) is 2. The van der Waals surface area contributed by atoms with Crippen molar-refractivity contribution in [3.05, 3.63) is 23.8 Å². The Morgan fingerprint density at radius 2 is 2.00 bits per heavy atom. The van der Waals surface area contributed by atoms with Gasteiger partial charge in [0.2, 0.25) is 0 Å². The highest BCUT2D eigenvalue weighted by atomic mass is 15.4. The number of hydrogen-bond donors (Lipinski definition) is 0. The molecule has 1 aromatic heterocycles. The Morgan fingerprint density at radius 3 is 2.36 bits per heavy atom. The number of imidazole rings is 1. The van der Waals surface area contributed by atoms with Crippen molar-refractivity contribution in [1.82, 2.24) is 9.66 Å². The molecule has 0 aliphatic carbocycles. The Labute approximate surface area is 85.2 Å². The molecular weight excluding hydrogens is 174 g/mol. The van der Waals surface area contributed by atoms with Crippen molar-refractivity contribution < 1.29 is 0 Å². The van der Waals surface area contributed by atoms with Crippen molar-refractivity contribution in [3.8, 4) is 0 Å². The van der Waals surface area contributed by atoms with Crippen LogP contribution in [0.3, 0.4) is 0 Å². The molecule has 0 saturated heterocycles. The predicted octanol–water partition coefficient (Wildman–Crippen LogP) is 2.60. The van der Waals surface area contributed by atoms with Gasteiger partial charge in [-0.15, -0.1) is 0 Å². The van der Waals surface area contributed by atoms with Crippen LogP contribution in [0.5, 0.6) is 0 Å². The van der Waals surface area contributed by atoms with E-state index in [4.69, 9.17) is 0 Å². The molecule has 0 saturated carbocycles. The van der Waals surface area contributed by atoms with Gasteiger partial charge in [-0.05, 0) is 13.0 Å². The van der Waals surface area contributed by atoms with Crippen LogP contribution in [-0.2, 0) is 5.41 Å². The second kappa shape index (κ2) is 3.40. The van der Waals surface area contributed by atoms with Gasteiger partial charge in [0.1, 0.15) is 0 Å². The fourth-order valence-corrected chi connectivity index (χ4v) is 1.68. The summed E-state index contributed by atoms with van der Waals surface area (Å²) in [6.45, 7) is 15.6. The second-order valence-electron chi connectivity index (χ2n) is 4.31. The summed E-state index contributed by atoms with van der Waals surface area (Å²) in [7, 11) is 0.